The van der Waals surface area contributed by atoms with Gasteiger partial charge in [0, 0.05) is 23.1 Å². The number of amides is 2. The summed E-state index contributed by atoms with van der Waals surface area (Å²) < 4.78 is 5.36. The third-order valence-electron chi connectivity index (χ3n) is 4.05. The van der Waals surface area contributed by atoms with E-state index < -0.39 is 6.04 Å². The number of ether oxygens (including phenoxy) is 1. The fourth-order valence-corrected chi connectivity index (χ4v) is 3.52. The second kappa shape index (κ2) is 6.94. The van der Waals surface area contributed by atoms with E-state index in [2.05, 4.69) is 5.32 Å². The van der Waals surface area contributed by atoms with Gasteiger partial charge in [-0.05, 0) is 18.2 Å². The largest absolute Gasteiger partial charge is 0.496 e. The molecule has 25 heavy (non-hydrogen) atoms. The Bertz CT molecular complexity index is 854. The molecule has 0 aliphatic carbocycles. The maximum absolute atomic E-state index is 13.0. The summed E-state index contributed by atoms with van der Waals surface area (Å²) in [6.07, 6.45) is 0. The van der Waals surface area contributed by atoms with Crippen molar-refractivity contribution in [3.63, 3.8) is 0 Å². The van der Waals surface area contributed by atoms with E-state index in [1.165, 1.54) is 11.8 Å². The minimum Gasteiger partial charge on any atom is -0.496 e. The third-order valence-corrected chi connectivity index (χ3v) is 4.69. The van der Waals surface area contributed by atoms with Crippen LogP contribution in [0.5, 0.6) is 5.75 Å². The maximum atomic E-state index is 13.0. The monoisotopic (exact) mass is 378 g/mol. The topological polar surface area (TPSA) is 58.6 Å². The van der Waals surface area contributed by atoms with Crippen molar-refractivity contribution in [1.82, 2.24) is 5.32 Å². The molecule has 3 rings (SSSR count). The van der Waals surface area contributed by atoms with Crippen molar-refractivity contribution < 1.29 is 14.3 Å². The minimum absolute atomic E-state index is 0.256. The molecule has 1 aliphatic heterocycles. The summed E-state index contributed by atoms with van der Waals surface area (Å²) in [6, 6.07) is 9.82. The Morgan fingerprint density at radius 1 is 1.20 bits per heavy atom. The van der Waals surface area contributed by atoms with Crippen molar-refractivity contribution in [3.8, 4) is 5.75 Å². The first kappa shape index (κ1) is 17.6. The van der Waals surface area contributed by atoms with Crippen LogP contribution in [0, 0.1) is 0 Å². The summed E-state index contributed by atoms with van der Waals surface area (Å²) in [7, 11) is 1.57. The highest BCUT2D eigenvalue weighted by Gasteiger charge is 2.41. The number of halogens is 2. The van der Waals surface area contributed by atoms with Crippen LogP contribution >= 0.6 is 23.2 Å². The zero-order valence-corrected chi connectivity index (χ0v) is 15.2. The summed E-state index contributed by atoms with van der Waals surface area (Å²) in [5.41, 5.74) is 1.86. The van der Waals surface area contributed by atoms with Crippen LogP contribution in [0.4, 0.5) is 5.69 Å². The Labute approximate surface area is 155 Å². The molecule has 1 N–H and O–H groups in total. The highest BCUT2D eigenvalue weighted by atomic mass is 35.5. The van der Waals surface area contributed by atoms with Gasteiger partial charge >= 0.3 is 0 Å². The molecule has 2 amide bonds. The van der Waals surface area contributed by atoms with Crippen molar-refractivity contribution >= 4 is 40.7 Å². The second-order valence-corrected chi connectivity index (χ2v) is 6.48. The number of hydrogen-bond acceptors (Lipinski definition) is 3. The molecule has 1 heterocycles. The van der Waals surface area contributed by atoms with Gasteiger partial charge in [-0.1, -0.05) is 41.4 Å². The summed E-state index contributed by atoms with van der Waals surface area (Å²) in [5.74, 6) is 0.0589. The van der Waals surface area contributed by atoms with Crippen LogP contribution in [0.1, 0.15) is 24.1 Å². The molecule has 7 heteroatoms. The summed E-state index contributed by atoms with van der Waals surface area (Å²) in [6.45, 7) is 1.61. The highest BCUT2D eigenvalue weighted by molar-refractivity contribution is 6.38. The smallest absolute Gasteiger partial charge is 0.254 e. The Hall–Kier alpha value is -2.24. The second-order valence-electron chi connectivity index (χ2n) is 5.66. The van der Waals surface area contributed by atoms with E-state index in [0.717, 1.165) is 5.56 Å². The first-order valence-corrected chi connectivity index (χ1v) is 8.38. The van der Waals surface area contributed by atoms with Crippen LogP contribution in [0.15, 0.2) is 36.4 Å². The van der Waals surface area contributed by atoms with Crippen LogP contribution in [0.2, 0.25) is 10.0 Å². The number of anilines is 1. The lowest BCUT2D eigenvalue weighted by molar-refractivity contribution is -0.126. The summed E-state index contributed by atoms with van der Waals surface area (Å²) in [5, 5.41) is 3.44. The first-order valence-electron chi connectivity index (χ1n) is 7.62. The molecule has 0 saturated carbocycles. The van der Waals surface area contributed by atoms with Gasteiger partial charge in [-0.3, -0.25) is 9.59 Å². The van der Waals surface area contributed by atoms with Gasteiger partial charge in [0.2, 0.25) is 5.91 Å². The van der Waals surface area contributed by atoms with Gasteiger partial charge in [0.25, 0.3) is 5.91 Å². The van der Waals surface area contributed by atoms with Crippen molar-refractivity contribution in [2.24, 2.45) is 0 Å². The number of rotatable bonds is 4. The lowest BCUT2D eigenvalue weighted by Gasteiger charge is -2.20. The van der Waals surface area contributed by atoms with E-state index in [9.17, 15) is 9.59 Å². The number of methoxy groups -OCH3 is 1. The molecule has 1 aliphatic rings. The number of hydrogen-bond donors (Lipinski definition) is 1. The third kappa shape index (κ3) is 3.17. The number of carbonyl (C=O) groups excluding carboxylic acids is 2. The van der Waals surface area contributed by atoms with E-state index >= 15 is 0 Å². The standard InChI is InChI=1S/C18H16Cl2N2O3/c1-10(23)21-16-15-12(19)7-8-13(20)17(15)22(18(16)24)9-11-5-3-4-6-14(11)25-2/h3-8,16H,9H2,1-2H3,(H,21,23). The molecule has 1 unspecified atom stereocenters. The molecule has 0 saturated heterocycles. The normalized spacial score (nSPS) is 15.9. The number of benzene rings is 2. The summed E-state index contributed by atoms with van der Waals surface area (Å²) >= 11 is 12.6. The van der Waals surface area contributed by atoms with Gasteiger partial charge in [-0.25, -0.2) is 0 Å². The quantitative estimate of drug-likeness (QED) is 0.881. The number of para-hydroxylation sites is 1. The van der Waals surface area contributed by atoms with E-state index in [4.69, 9.17) is 27.9 Å². The van der Waals surface area contributed by atoms with Gasteiger partial charge < -0.3 is 15.0 Å². The Balaban J connectivity index is 2.08. The molecular weight excluding hydrogens is 363 g/mol. The van der Waals surface area contributed by atoms with Gasteiger partial charge in [-0.15, -0.1) is 0 Å². The van der Waals surface area contributed by atoms with E-state index in [1.54, 1.807) is 19.2 Å². The Kier molecular flexibility index (Phi) is 4.88. The predicted octanol–water partition coefficient (Wildman–Crippen LogP) is 3.73. The lowest BCUT2D eigenvalue weighted by atomic mass is 10.1. The van der Waals surface area contributed by atoms with Gasteiger partial charge in [-0.2, -0.15) is 0 Å². The molecule has 0 aromatic heterocycles. The molecule has 2 aromatic carbocycles. The van der Waals surface area contributed by atoms with Crippen LogP contribution in [-0.2, 0) is 16.1 Å². The SMILES string of the molecule is COc1ccccc1CN1C(=O)C(NC(C)=O)c2c(Cl)ccc(Cl)c21. The fourth-order valence-electron chi connectivity index (χ4n) is 2.99. The average Bonchev–Trinajstić information content (AvgIpc) is 2.85. The van der Waals surface area contributed by atoms with Crippen LogP contribution < -0.4 is 15.0 Å². The van der Waals surface area contributed by atoms with Crippen molar-refractivity contribution in [2.45, 2.75) is 19.5 Å². The van der Waals surface area contributed by atoms with Crippen molar-refractivity contribution in [2.75, 3.05) is 12.0 Å². The molecular formula is C18H16Cl2N2O3. The molecule has 0 radical (unpaired) electrons. The highest BCUT2D eigenvalue weighted by Crippen LogP contribution is 2.45. The van der Waals surface area contributed by atoms with Crippen molar-refractivity contribution in [3.05, 3.63) is 57.6 Å². The molecule has 0 bridgehead atoms. The first-order chi connectivity index (χ1) is 11.9. The minimum atomic E-state index is -0.853. The lowest BCUT2D eigenvalue weighted by Crippen LogP contribution is -2.36. The van der Waals surface area contributed by atoms with Crippen LogP contribution in [-0.4, -0.2) is 18.9 Å². The molecule has 1 atom stereocenters. The van der Waals surface area contributed by atoms with Gasteiger partial charge in [0.05, 0.1) is 24.4 Å². The fraction of sp³-hybridized carbons (Fsp3) is 0.222. The number of carbonyl (C=O) groups is 2. The van der Waals surface area contributed by atoms with Gasteiger partial charge in [0.1, 0.15) is 11.8 Å². The Morgan fingerprint density at radius 2 is 1.88 bits per heavy atom. The van der Waals surface area contributed by atoms with Crippen LogP contribution in [0.25, 0.3) is 0 Å². The number of nitrogens with one attached hydrogen (secondary N) is 1. The number of fused-ring (bicyclic) bond motifs is 1. The predicted molar refractivity (Wildman–Crippen MR) is 97.2 cm³/mol. The zero-order chi connectivity index (χ0) is 18.1. The molecule has 0 spiro atoms. The average molecular weight is 379 g/mol. The molecule has 5 nitrogen and oxygen atoms in total. The molecule has 2 aromatic rings. The van der Waals surface area contributed by atoms with Crippen LogP contribution in [0.3, 0.4) is 0 Å². The van der Waals surface area contributed by atoms with E-state index in [1.807, 2.05) is 24.3 Å². The molecule has 0 fully saturated rings. The number of nitrogens with zero attached hydrogens (tertiary/aromatic N) is 1. The van der Waals surface area contributed by atoms with Gasteiger partial charge in [0.15, 0.2) is 0 Å². The zero-order valence-electron chi connectivity index (χ0n) is 13.7. The Morgan fingerprint density at radius 3 is 2.56 bits per heavy atom. The molecule has 130 valence electrons. The van der Waals surface area contributed by atoms with E-state index in [0.29, 0.717) is 27.0 Å². The summed E-state index contributed by atoms with van der Waals surface area (Å²) in [4.78, 5) is 26.0. The maximum Gasteiger partial charge on any atom is 0.254 e. The van der Waals surface area contributed by atoms with Crippen molar-refractivity contribution in [1.29, 1.82) is 0 Å². The van der Waals surface area contributed by atoms with E-state index in [-0.39, 0.29) is 18.4 Å².